The van der Waals surface area contributed by atoms with E-state index in [-0.39, 0.29) is 17.7 Å². The number of anilines is 1. The van der Waals surface area contributed by atoms with Gasteiger partial charge in [-0.1, -0.05) is 15.9 Å². The second-order valence-electron chi connectivity index (χ2n) is 5.23. The van der Waals surface area contributed by atoms with E-state index in [0.717, 1.165) is 29.5 Å². The number of carbonyl (C=O) groups is 2. The van der Waals surface area contributed by atoms with Crippen LogP contribution in [0.4, 0.5) is 5.69 Å². The number of nitrogens with zero attached hydrogens (tertiary/aromatic N) is 1. The Balaban J connectivity index is 1.87. The quantitative estimate of drug-likeness (QED) is 0.897. The number of amides is 1. The molecule has 0 spiro atoms. The Morgan fingerprint density at radius 3 is 2.70 bits per heavy atom. The Morgan fingerprint density at radius 1 is 1.35 bits per heavy atom. The van der Waals surface area contributed by atoms with Gasteiger partial charge in [-0.3, -0.25) is 14.5 Å². The largest absolute Gasteiger partial charge is 0.325 e. The van der Waals surface area contributed by atoms with Crippen LogP contribution < -0.4 is 5.32 Å². The molecule has 1 unspecified atom stereocenters. The molecule has 0 bridgehead atoms. The molecule has 0 aromatic heterocycles. The SMILES string of the molecule is CC(=O)CC1CCCN1CC(=O)Nc1ccc(Br)cc1. The topological polar surface area (TPSA) is 49.4 Å². The number of halogens is 1. The Morgan fingerprint density at radius 2 is 2.05 bits per heavy atom. The molecule has 1 aromatic carbocycles. The molecule has 1 atom stereocenters. The van der Waals surface area contributed by atoms with E-state index in [2.05, 4.69) is 26.1 Å². The molecule has 1 saturated heterocycles. The average molecular weight is 339 g/mol. The number of nitrogens with one attached hydrogen (secondary N) is 1. The molecular weight excluding hydrogens is 320 g/mol. The lowest BCUT2D eigenvalue weighted by molar-refractivity contribution is -0.120. The first-order valence-electron chi connectivity index (χ1n) is 6.83. The summed E-state index contributed by atoms with van der Waals surface area (Å²) in [6, 6.07) is 7.73. The highest BCUT2D eigenvalue weighted by Crippen LogP contribution is 2.20. The van der Waals surface area contributed by atoms with Crippen molar-refractivity contribution in [1.29, 1.82) is 0 Å². The van der Waals surface area contributed by atoms with Crippen molar-refractivity contribution in [3.8, 4) is 0 Å². The van der Waals surface area contributed by atoms with E-state index in [9.17, 15) is 9.59 Å². The van der Waals surface area contributed by atoms with E-state index in [4.69, 9.17) is 0 Å². The van der Waals surface area contributed by atoms with Crippen molar-refractivity contribution in [2.45, 2.75) is 32.2 Å². The molecule has 1 amide bonds. The minimum atomic E-state index is -0.0252. The average Bonchev–Trinajstić information content (AvgIpc) is 2.78. The van der Waals surface area contributed by atoms with Crippen LogP contribution in [0.3, 0.4) is 0 Å². The Hall–Kier alpha value is -1.20. The van der Waals surface area contributed by atoms with Gasteiger partial charge in [-0.05, 0) is 50.6 Å². The Bertz CT molecular complexity index is 487. The maximum absolute atomic E-state index is 12.0. The minimum Gasteiger partial charge on any atom is -0.325 e. The molecular formula is C15H19BrN2O2. The number of carbonyl (C=O) groups excluding carboxylic acids is 2. The number of likely N-dealkylation sites (tertiary alicyclic amines) is 1. The van der Waals surface area contributed by atoms with Gasteiger partial charge in [0.2, 0.25) is 5.91 Å². The maximum atomic E-state index is 12.0. The van der Waals surface area contributed by atoms with Gasteiger partial charge in [0.25, 0.3) is 0 Å². The van der Waals surface area contributed by atoms with E-state index in [1.807, 2.05) is 24.3 Å². The first-order chi connectivity index (χ1) is 9.54. The van der Waals surface area contributed by atoms with Gasteiger partial charge in [0.1, 0.15) is 5.78 Å². The molecule has 5 heteroatoms. The predicted molar refractivity (Wildman–Crippen MR) is 82.7 cm³/mol. The van der Waals surface area contributed by atoms with Crippen LogP contribution in [0.15, 0.2) is 28.7 Å². The van der Waals surface area contributed by atoms with E-state index in [1.54, 1.807) is 6.92 Å². The van der Waals surface area contributed by atoms with Crippen molar-refractivity contribution in [2.75, 3.05) is 18.4 Å². The van der Waals surface area contributed by atoms with Gasteiger partial charge >= 0.3 is 0 Å². The number of Topliss-reactive ketones (excluding diaryl/α,β-unsaturated/α-hetero) is 1. The Kier molecular flexibility index (Phi) is 5.31. The maximum Gasteiger partial charge on any atom is 0.238 e. The van der Waals surface area contributed by atoms with E-state index in [1.165, 1.54) is 0 Å². The number of rotatable bonds is 5. The molecule has 1 aliphatic rings. The van der Waals surface area contributed by atoms with Crippen LogP contribution in [0.2, 0.25) is 0 Å². The summed E-state index contributed by atoms with van der Waals surface area (Å²) >= 11 is 3.36. The number of hydrogen-bond donors (Lipinski definition) is 1. The van der Waals surface area contributed by atoms with E-state index < -0.39 is 0 Å². The third-order valence-corrected chi connectivity index (χ3v) is 4.03. The fourth-order valence-corrected chi connectivity index (χ4v) is 2.85. The second-order valence-corrected chi connectivity index (χ2v) is 6.14. The normalized spacial score (nSPS) is 19.0. The van der Waals surface area contributed by atoms with Gasteiger partial charge in [0.05, 0.1) is 6.54 Å². The minimum absolute atomic E-state index is 0.0252. The predicted octanol–water partition coefficient (Wildman–Crippen LogP) is 2.83. The van der Waals surface area contributed by atoms with Crippen molar-refractivity contribution in [3.63, 3.8) is 0 Å². The van der Waals surface area contributed by atoms with Crippen LogP contribution >= 0.6 is 15.9 Å². The van der Waals surface area contributed by atoms with Crippen LogP contribution in [0, 0.1) is 0 Å². The molecule has 1 fully saturated rings. The third-order valence-electron chi connectivity index (χ3n) is 3.50. The zero-order valence-corrected chi connectivity index (χ0v) is 13.1. The molecule has 1 N–H and O–H groups in total. The van der Waals surface area contributed by atoms with Gasteiger partial charge in [0, 0.05) is 22.6 Å². The van der Waals surface area contributed by atoms with Gasteiger partial charge < -0.3 is 5.32 Å². The first kappa shape index (κ1) is 15.2. The fourth-order valence-electron chi connectivity index (χ4n) is 2.58. The summed E-state index contributed by atoms with van der Waals surface area (Å²) in [6.45, 7) is 2.86. The van der Waals surface area contributed by atoms with Crippen molar-refractivity contribution in [3.05, 3.63) is 28.7 Å². The molecule has 20 heavy (non-hydrogen) atoms. The fraction of sp³-hybridized carbons (Fsp3) is 0.467. The van der Waals surface area contributed by atoms with E-state index in [0.29, 0.717) is 13.0 Å². The number of ketones is 1. The molecule has 0 aliphatic carbocycles. The molecule has 0 radical (unpaired) electrons. The van der Waals surface area contributed by atoms with Crippen molar-refractivity contribution in [1.82, 2.24) is 4.90 Å². The zero-order valence-electron chi connectivity index (χ0n) is 11.6. The lowest BCUT2D eigenvalue weighted by Gasteiger charge is -2.22. The molecule has 1 aromatic rings. The Labute approximate surface area is 127 Å². The molecule has 4 nitrogen and oxygen atoms in total. The van der Waals surface area contributed by atoms with Gasteiger partial charge in [-0.25, -0.2) is 0 Å². The summed E-state index contributed by atoms with van der Waals surface area (Å²) in [7, 11) is 0. The molecule has 0 saturated carbocycles. The monoisotopic (exact) mass is 338 g/mol. The third kappa shape index (κ3) is 4.42. The van der Waals surface area contributed by atoms with Gasteiger partial charge in [-0.2, -0.15) is 0 Å². The summed E-state index contributed by atoms with van der Waals surface area (Å²) in [6.07, 6.45) is 2.61. The molecule has 2 rings (SSSR count). The van der Waals surface area contributed by atoms with Crippen LogP contribution in [0.25, 0.3) is 0 Å². The van der Waals surface area contributed by atoms with Gasteiger partial charge in [-0.15, -0.1) is 0 Å². The smallest absolute Gasteiger partial charge is 0.238 e. The highest BCUT2D eigenvalue weighted by atomic mass is 79.9. The van der Waals surface area contributed by atoms with Crippen LogP contribution in [0.1, 0.15) is 26.2 Å². The summed E-state index contributed by atoms with van der Waals surface area (Å²) in [5.41, 5.74) is 0.792. The molecule has 1 heterocycles. The van der Waals surface area contributed by atoms with Gasteiger partial charge in [0.15, 0.2) is 0 Å². The zero-order chi connectivity index (χ0) is 14.5. The van der Waals surface area contributed by atoms with E-state index >= 15 is 0 Å². The highest BCUT2D eigenvalue weighted by Gasteiger charge is 2.26. The summed E-state index contributed by atoms with van der Waals surface area (Å²) in [4.78, 5) is 25.4. The van der Waals surface area contributed by atoms with Crippen LogP contribution in [-0.4, -0.2) is 35.7 Å². The van der Waals surface area contributed by atoms with Crippen LogP contribution in [0.5, 0.6) is 0 Å². The molecule has 1 aliphatic heterocycles. The summed E-state index contributed by atoms with van der Waals surface area (Å²) in [5, 5.41) is 2.88. The first-order valence-corrected chi connectivity index (χ1v) is 7.63. The van der Waals surface area contributed by atoms with Crippen molar-refractivity contribution < 1.29 is 9.59 Å². The highest BCUT2D eigenvalue weighted by molar-refractivity contribution is 9.10. The number of benzene rings is 1. The second kappa shape index (κ2) is 6.99. The van der Waals surface area contributed by atoms with Crippen molar-refractivity contribution in [2.24, 2.45) is 0 Å². The van der Waals surface area contributed by atoms with Crippen LogP contribution in [-0.2, 0) is 9.59 Å². The van der Waals surface area contributed by atoms with Crippen molar-refractivity contribution >= 4 is 33.3 Å². The summed E-state index contributed by atoms with van der Waals surface area (Å²) in [5.74, 6) is 0.165. The lowest BCUT2D eigenvalue weighted by Crippen LogP contribution is -2.37. The standard InChI is InChI=1S/C15H19BrN2O2/c1-11(19)9-14-3-2-8-18(14)10-15(20)17-13-6-4-12(16)5-7-13/h4-7,14H,2-3,8-10H2,1H3,(H,17,20). The number of hydrogen-bond acceptors (Lipinski definition) is 3. The molecule has 108 valence electrons. The summed E-state index contributed by atoms with van der Waals surface area (Å²) < 4.78 is 0.983. The lowest BCUT2D eigenvalue weighted by atomic mass is 10.1.